The summed E-state index contributed by atoms with van der Waals surface area (Å²) >= 11 is 6.05. The van der Waals surface area contributed by atoms with Crippen LogP contribution in [0.1, 0.15) is 64.4 Å². The number of aryl methyl sites for hydroxylation is 1. The molecule has 29 heavy (non-hydrogen) atoms. The molecular weight excluding hydrogens is 385 g/mol. The van der Waals surface area contributed by atoms with Crippen molar-refractivity contribution in [3.63, 3.8) is 0 Å². The van der Waals surface area contributed by atoms with Crippen molar-refractivity contribution in [3.05, 3.63) is 40.7 Å². The predicted molar refractivity (Wildman–Crippen MR) is 122 cm³/mol. The predicted octanol–water partition coefficient (Wildman–Crippen LogP) is 6.76. The van der Waals surface area contributed by atoms with Gasteiger partial charge in [0.1, 0.15) is 11.5 Å². The number of aliphatic imine (C=N–C) groups is 2. The average Bonchev–Trinajstić information content (AvgIpc) is 2.79. The van der Waals surface area contributed by atoms with E-state index in [2.05, 4.69) is 25.3 Å². The van der Waals surface area contributed by atoms with E-state index in [1.807, 2.05) is 0 Å². The molecule has 0 aliphatic carbocycles. The van der Waals surface area contributed by atoms with E-state index in [0.717, 1.165) is 80.3 Å². The Labute approximate surface area is 179 Å². The zero-order valence-corrected chi connectivity index (χ0v) is 18.6. The highest BCUT2D eigenvalue weighted by Crippen LogP contribution is 2.31. The second kappa shape index (κ2) is 10.4. The van der Waals surface area contributed by atoms with Gasteiger partial charge in [0.15, 0.2) is 5.84 Å². The number of benzene rings is 1. The molecule has 2 aliphatic rings. The van der Waals surface area contributed by atoms with E-state index in [0.29, 0.717) is 5.69 Å². The Bertz CT molecular complexity index is 800. The second-order valence-corrected chi connectivity index (χ2v) is 8.80. The van der Waals surface area contributed by atoms with Crippen molar-refractivity contribution in [1.29, 1.82) is 0 Å². The molecule has 1 unspecified atom stereocenters. The maximum Gasteiger partial charge on any atom is 0.155 e. The highest BCUT2D eigenvalue weighted by Gasteiger charge is 2.24. The van der Waals surface area contributed by atoms with Crippen molar-refractivity contribution in [2.75, 3.05) is 19.6 Å². The lowest BCUT2D eigenvalue weighted by molar-refractivity contribution is 0.405. The van der Waals surface area contributed by atoms with Crippen LogP contribution in [0.25, 0.3) is 0 Å². The average molecular weight is 418 g/mol. The minimum atomic E-state index is -0.418. The number of amidine groups is 1. The van der Waals surface area contributed by atoms with Crippen molar-refractivity contribution < 1.29 is 4.39 Å². The summed E-state index contributed by atoms with van der Waals surface area (Å²) < 4.78 is 14.2. The first-order chi connectivity index (χ1) is 14.0. The maximum atomic E-state index is 14.2. The van der Waals surface area contributed by atoms with Gasteiger partial charge in [-0.1, -0.05) is 44.9 Å². The van der Waals surface area contributed by atoms with E-state index < -0.39 is 5.82 Å². The summed E-state index contributed by atoms with van der Waals surface area (Å²) in [6, 6.07) is 3.19. The number of nitrogens with zero attached hydrogens (tertiary/aromatic N) is 3. The number of halogens is 2. The van der Waals surface area contributed by atoms with Crippen molar-refractivity contribution in [3.8, 4) is 0 Å². The summed E-state index contributed by atoms with van der Waals surface area (Å²) in [6.45, 7) is 11.5. The maximum absolute atomic E-state index is 14.2. The van der Waals surface area contributed by atoms with Crippen LogP contribution in [0.3, 0.4) is 0 Å². The minimum absolute atomic E-state index is 0.156. The molecule has 3 nitrogen and oxygen atoms in total. The van der Waals surface area contributed by atoms with Crippen LogP contribution in [0.15, 0.2) is 34.3 Å². The van der Waals surface area contributed by atoms with Gasteiger partial charge >= 0.3 is 0 Å². The van der Waals surface area contributed by atoms with Gasteiger partial charge in [0.05, 0.1) is 10.7 Å². The van der Waals surface area contributed by atoms with Crippen LogP contribution in [0, 0.1) is 11.7 Å². The van der Waals surface area contributed by atoms with Gasteiger partial charge in [0, 0.05) is 25.7 Å². The molecule has 158 valence electrons. The first-order valence-electron chi connectivity index (χ1n) is 11.0. The van der Waals surface area contributed by atoms with Crippen LogP contribution in [-0.2, 0) is 6.42 Å². The highest BCUT2D eigenvalue weighted by molar-refractivity contribution is 6.47. The van der Waals surface area contributed by atoms with Gasteiger partial charge in [-0.15, -0.1) is 0 Å². The second-order valence-electron chi connectivity index (χ2n) is 8.39. The molecule has 2 heterocycles. The zero-order valence-electron chi connectivity index (χ0n) is 17.8. The number of fused-ring (bicyclic) bond motifs is 1. The molecule has 5 heteroatoms. The van der Waals surface area contributed by atoms with Crippen molar-refractivity contribution in [2.24, 2.45) is 15.9 Å². The van der Waals surface area contributed by atoms with E-state index in [1.165, 1.54) is 25.3 Å². The van der Waals surface area contributed by atoms with Crippen LogP contribution in [-0.4, -0.2) is 36.1 Å². The topological polar surface area (TPSA) is 28.0 Å². The molecule has 0 N–H and O–H groups in total. The molecule has 3 rings (SSSR count). The number of hydrogen-bond acceptors (Lipinski definition) is 3. The quantitative estimate of drug-likeness (QED) is 0.522. The molecule has 2 aliphatic heterocycles. The van der Waals surface area contributed by atoms with Gasteiger partial charge in [0.2, 0.25) is 0 Å². The molecule has 1 atom stereocenters. The normalized spacial score (nSPS) is 22.8. The SMILES string of the molecule is C=C1CCc2cc(Cl)c(F)cc2N=C(N2CCCCC(C)CCC2)C1=NCCC. The molecule has 0 amide bonds. The van der Waals surface area contributed by atoms with Gasteiger partial charge in [-0.05, 0) is 61.6 Å². The van der Waals surface area contributed by atoms with Crippen LogP contribution in [0.5, 0.6) is 0 Å². The summed E-state index contributed by atoms with van der Waals surface area (Å²) in [4.78, 5) is 12.2. The summed E-state index contributed by atoms with van der Waals surface area (Å²) in [7, 11) is 0. The van der Waals surface area contributed by atoms with Crippen LogP contribution in [0.2, 0.25) is 5.02 Å². The highest BCUT2D eigenvalue weighted by atomic mass is 35.5. The van der Waals surface area contributed by atoms with E-state index in [4.69, 9.17) is 21.6 Å². The fourth-order valence-electron chi connectivity index (χ4n) is 4.13. The van der Waals surface area contributed by atoms with E-state index in [9.17, 15) is 4.39 Å². The van der Waals surface area contributed by atoms with Gasteiger partial charge in [-0.3, -0.25) is 4.99 Å². The van der Waals surface area contributed by atoms with Gasteiger partial charge in [-0.25, -0.2) is 9.38 Å². The third-order valence-corrected chi connectivity index (χ3v) is 6.17. The van der Waals surface area contributed by atoms with Gasteiger partial charge < -0.3 is 4.90 Å². The Hall–Kier alpha value is -1.68. The Morgan fingerprint density at radius 1 is 1.21 bits per heavy atom. The van der Waals surface area contributed by atoms with Gasteiger partial charge in [-0.2, -0.15) is 0 Å². The summed E-state index contributed by atoms with van der Waals surface area (Å²) in [6.07, 6.45) is 8.52. The van der Waals surface area contributed by atoms with Crippen molar-refractivity contribution in [1.82, 2.24) is 4.90 Å². The van der Waals surface area contributed by atoms with Crippen LogP contribution >= 0.6 is 11.6 Å². The lowest BCUT2D eigenvalue weighted by Crippen LogP contribution is -2.39. The molecule has 0 aromatic heterocycles. The summed E-state index contributed by atoms with van der Waals surface area (Å²) in [5.74, 6) is 1.22. The molecular formula is C24H33ClFN3. The van der Waals surface area contributed by atoms with Gasteiger partial charge in [0.25, 0.3) is 0 Å². The lowest BCUT2D eigenvalue weighted by atomic mass is 9.97. The Balaban J connectivity index is 2.06. The Morgan fingerprint density at radius 3 is 2.76 bits per heavy atom. The molecule has 1 aromatic rings. The van der Waals surface area contributed by atoms with Crippen LogP contribution < -0.4 is 0 Å². The monoisotopic (exact) mass is 417 g/mol. The van der Waals surface area contributed by atoms with Crippen molar-refractivity contribution in [2.45, 2.75) is 65.2 Å². The third kappa shape index (κ3) is 5.69. The fourth-order valence-corrected chi connectivity index (χ4v) is 4.32. The standard InChI is InChI=1S/C24H33ClFN3/c1-4-12-27-23-18(3)10-11-19-15-20(25)21(26)16-22(19)28-24(23)29-13-6-5-8-17(2)9-7-14-29/h15-17H,3-14H2,1-2H3. The smallest absolute Gasteiger partial charge is 0.155 e. The summed E-state index contributed by atoms with van der Waals surface area (Å²) in [5, 5.41) is 0.156. The van der Waals surface area contributed by atoms with E-state index >= 15 is 0 Å². The molecule has 1 fully saturated rings. The Kier molecular flexibility index (Phi) is 7.88. The fraction of sp³-hybridized carbons (Fsp3) is 0.583. The van der Waals surface area contributed by atoms with E-state index in [-0.39, 0.29) is 5.02 Å². The Morgan fingerprint density at radius 2 is 1.97 bits per heavy atom. The molecule has 0 bridgehead atoms. The minimum Gasteiger partial charge on any atom is -0.355 e. The summed E-state index contributed by atoms with van der Waals surface area (Å²) in [5.41, 5.74) is 3.56. The van der Waals surface area contributed by atoms with E-state index in [1.54, 1.807) is 6.07 Å². The molecule has 1 saturated heterocycles. The first-order valence-corrected chi connectivity index (χ1v) is 11.4. The largest absolute Gasteiger partial charge is 0.355 e. The molecule has 0 radical (unpaired) electrons. The lowest BCUT2D eigenvalue weighted by Gasteiger charge is -2.29. The molecule has 1 aromatic carbocycles. The molecule has 0 spiro atoms. The number of rotatable bonds is 2. The zero-order chi connectivity index (χ0) is 20.8. The van der Waals surface area contributed by atoms with Crippen molar-refractivity contribution >= 4 is 28.8 Å². The number of hydrogen-bond donors (Lipinski definition) is 0. The third-order valence-electron chi connectivity index (χ3n) is 5.88. The van der Waals surface area contributed by atoms with Crippen LogP contribution in [0.4, 0.5) is 10.1 Å². The molecule has 0 saturated carbocycles. The first kappa shape index (κ1) is 22.0.